The Bertz CT molecular complexity index is 592. The first-order valence-electron chi connectivity index (χ1n) is 5.72. The molecule has 0 aliphatic carbocycles. The maximum atomic E-state index is 10.8. The first kappa shape index (κ1) is 14.0. The average molecular weight is 329 g/mol. The van der Waals surface area contributed by atoms with E-state index >= 15 is 0 Å². The molecule has 102 valence electrons. The molecule has 5 nitrogen and oxygen atoms in total. The van der Waals surface area contributed by atoms with Crippen LogP contribution >= 0.6 is 15.9 Å². The molecular weight excluding hydrogens is 316 g/mol. The standard InChI is InChI=1S/C13H13BrO5/c14-4-3-9(15)12(16)7-1-2-10-8(5-7)6-11(19-10)13(17)18/h1-2,5-6,9,12,15-16H,3-4H2,(H,17,18). The fraction of sp³-hybridized carbons (Fsp3) is 0.308. The molecule has 0 saturated heterocycles. The molecule has 0 aliphatic heterocycles. The van der Waals surface area contributed by atoms with E-state index in [1.54, 1.807) is 18.2 Å². The number of furan rings is 1. The summed E-state index contributed by atoms with van der Waals surface area (Å²) in [6, 6.07) is 6.21. The van der Waals surface area contributed by atoms with Gasteiger partial charge in [-0.1, -0.05) is 22.0 Å². The molecule has 3 N–H and O–H groups in total. The maximum absolute atomic E-state index is 10.8. The molecule has 0 amide bonds. The number of carboxylic acids is 1. The Morgan fingerprint density at radius 1 is 1.32 bits per heavy atom. The number of benzene rings is 1. The van der Waals surface area contributed by atoms with Gasteiger partial charge in [0, 0.05) is 10.7 Å². The lowest BCUT2D eigenvalue weighted by atomic mass is 10.0. The Hall–Kier alpha value is -1.37. The fourth-order valence-electron chi connectivity index (χ4n) is 1.84. The topological polar surface area (TPSA) is 90.9 Å². The van der Waals surface area contributed by atoms with Crippen molar-refractivity contribution >= 4 is 32.9 Å². The highest BCUT2D eigenvalue weighted by Crippen LogP contribution is 2.26. The minimum Gasteiger partial charge on any atom is -0.475 e. The van der Waals surface area contributed by atoms with E-state index in [0.29, 0.717) is 28.3 Å². The van der Waals surface area contributed by atoms with Crippen LogP contribution in [0.5, 0.6) is 0 Å². The van der Waals surface area contributed by atoms with Gasteiger partial charge in [0.15, 0.2) is 0 Å². The maximum Gasteiger partial charge on any atom is 0.371 e. The van der Waals surface area contributed by atoms with Gasteiger partial charge in [0.1, 0.15) is 11.7 Å². The van der Waals surface area contributed by atoms with Crippen LogP contribution < -0.4 is 0 Å². The van der Waals surface area contributed by atoms with Crippen LogP contribution in [0, 0.1) is 0 Å². The number of hydrogen-bond donors (Lipinski definition) is 3. The van der Waals surface area contributed by atoms with Crippen molar-refractivity contribution in [3.8, 4) is 0 Å². The Kier molecular flexibility index (Phi) is 4.24. The molecule has 1 aromatic carbocycles. The lowest BCUT2D eigenvalue weighted by Gasteiger charge is -2.17. The summed E-state index contributed by atoms with van der Waals surface area (Å²) in [4.78, 5) is 10.8. The van der Waals surface area contributed by atoms with Gasteiger partial charge in [0.05, 0.1) is 6.10 Å². The normalized spacial score (nSPS) is 14.5. The van der Waals surface area contributed by atoms with Gasteiger partial charge in [-0.25, -0.2) is 4.79 Å². The number of aliphatic hydroxyl groups excluding tert-OH is 2. The van der Waals surface area contributed by atoms with Crippen LogP contribution in [0.1, 0.15) is 28.6 Å². The van der Waals surface area contributed by atoms with E-state index in [9.17, 15) is 15.0 Å². The molecule has 6 heteroatoms. The molecule has 0 saturated carbocycles. The number of carboxylic acid groups (broad SMARTS) is 1. The summed E-state index contributed by atoms with van der Waals surface area (Å²) in [6.45, 7) is 0. The van der Waals surface area contributed by atoms with Crippen LogP contribution in [-0.2, 0) is 0 Å². The van der Waals surface area contributed by atoms with E-state index in [-0.39, 0.29) is 5.76 Å². The minimum absolute atomic E-state index is 0.150. The van der Waals surface area contributed by atoms with E-state index in [0.717, 1.165) is 0 Å². The second-order valence-electron chi connectivity index (χ2n) is 4.20. The van der Waals surface area contributed by atoms with Gasteiger partial charge < -0.3 is 19.7 Å². The van der Waals surface area contributed by atoms with Gasteiger partial charge in [0.2, 0.25) is 5.76 Å². The molecule has 2 atom stereocenters. The third kappa shape index (κ3) is 2.97. The van der Waals surface area contributed by atoms with Crippen molar-refractivity contribution in [2.45, 2.75) is 18.6 Å². The Morgan fingerprint density at radius 2 is 2.05 bits per heavy atom. The lowest BCUT2D eigenvalue weighted by Crippen LogP contribution is -2.18. The third-order valence-electron chi connectivity index (χ3n) is 2.86. The first-order valence-corrected chi connectivity index (χ1v) is 6.84. The second-order valence-corrected chi connectivity index (χ2v) is 5.00. The number of fused-ring (bicyclic) bond motifs is 1. The zero-order valence-corrected chi connectivity index (χ0v) is 11.5. The number of hydrogen-bond acceptors (Lipinski definition) is 4. The molecule has 2 rings (SSSR count). The van der Waals surface area contributed by atoms with Crippen LogP contribution in [0.2, 0.25) is 0 Å². The van der Waals surface area contributed by atoms with E-state index in [2.05, 4.69) is 15.9 Å². The highest BCUT2D eigenvalue weighted by molar-refractivity contribution is 9.09. The Morgan fingerprint density at radius 3 is 2.68 bits per heavy atom. The van der Waals surface area contributed by atoms with Gasteiger partial charge in [-0.3, -0.25) is 0 Å². The lowest BCUT2D eigenvalue weighted by molar-refractivity contribution is 0.0174. The molecule has 2 unspecified atom stereocenters. The Balaban J connectivity index is 2.32. The van der Waals surface area contributed by atoms with Crippen LogP contribution in [0.25, 0.3) is 11.0 Å². The second kappa shape index (κ2) is 5.73. The number of aliphatic hydroxyl groups is 2. The van der Waals surface area contributed by atoms with Crippen molar-refractivity contribution in [1.29, 1.82) is 0 Å². The number of alkyl halides is 1. The summed E-state index contributed by atoms with van der Waals surface area (Å²) in [7, 11) is 0. The van der Waals surface area contributed by atoms with Crippen molar-refractivity contribution in [3.05, 3.63) is 35.6 Å². The molecular formula is C13H13BrO5. The van der Waals surface area contributed by atoms with Crippen LogP contribution in [0.4, 0.5) is 0 Å². The molecule has 2 aromatic rings. The highest BCUT2D eigenvalue weighted by atomic mass is 79.9. The molecule has 0 bridgehead atoms. The number of rotatable bonds is 5. The van der Waals surface area contributed by atoms with E-state index in [4.69, 9.17) is 9.52 Å². The zero-order chi connectivity index (χ0) is 14.0. The van der Waals surface area contributed by atoms with Crippen molar-refractivity contribution in [3.63, 3.8) is 0 Å². The predicted molar refractivity (Wildman–Crippen MR) is 72.6 cm³/mol. The Labute approximate surface area is 117 Å². The van der Waals surface area contributed by atoms with Crippen LogP contribution in [0.15, 0.2) is 28.7 Å². The van der Waals surface area contributed by atoms with E-state index in [1.807, 2.05) is 0 Å². The first-order chi connectivity index (χ1) is 9.02. The average Bonchev–Trinajstić information content (AvgIpc) is 2.81. The molecule has 1 heterocycles. The van der Waals surface area contributed by atoms with Gasteiger partial charge >= 0.3 is 5.97 Å². The summed E-state index contributed by atoms with van der Waals surface area (Å²) >= 11 is 3.20. The summed E-state index contributed by atoms with van der Waals surface area (Å²) < 4.78 is 5.12. The van der Waals surface area contributed by atoms with Gasteiger partial charge in [-0.2, -0.15) is 0 Å². The molecule has 19 heavy (non-hydrogen) atoms. The van der Waals surface area contributed by atoms with E-state index < -0.39 is 18.2 Å². The summed E-state index contributed by atoms with van der Waals surface area (Å²) in [5.41, 5.74) is 0.960. The van der Waals surface area contributed by atoms with Crippen molar-refractivity contribution in [2.24, 2.45) is 0 Å². The molecule has 0 aliphatic rings. The quantitative estimate of drug-likeness (QED) is 0.732. The van der Waals surface area contributed by atoms with Gasteiger partial charge in [-0.15, -0.1) is 0 Å². The summed E-state index contributed by atoms with van der Waals surface area (Å²) in [6.07, 6.45) is -1.46. The minimum atomic E-state index is -1.14. The molecule has 1 aromatic heterocycles. The number of aromatic carboxylic acids is 1. The molecule has 0 fully saturated rings. The number of halogens is 1. The molecule has 0 radical (unpaired) electrons. The smallest absolute Gasteiger partial charge is 0.371 e. The van der Waals surface area contributed by atoms with E-state index in [1.165, 1.54) is 6.07 Å². The van der Waals surface area contributed by atoms with Crippen molar-refractivity contribution < 1.29 is 24.5 Å². The van der Waals surface area contributed by atoms with Crippen molar-refractivity contribution in [2.75, 3.05) is 5.33 Å². The van der Waals surface area contributed by atoms with Gasteiger partial charge in [0.25, 0.3) is 0 Å². The van der Waals surface area contributed by atoms with Crippen LogP contribution in [0.3, 0.4) is 0 Å². The zero-order valence-electron chi connectivity index (χ0n) is 9.91. The third-order valence-corrected chi connectivity index (χ3v) is 3.32. The fourth-order valence-corrected chi connectivity index (χ4v) is 2.31. The van der Waals surface area contributed by atoms with Crippen LogP contribution in [-0.4, -0.2) is 32.7 Å². The SMILES string of the molecule is O=C(O)c1cc2cc(C(O)C(O)CCBr)ccc2o1. The predicted octanol–water partition coefficient (Wildman–Crippen LogP) is 2.31. The summed E-state index contributed by atoms with van der Waals surface area (Å²) in [5, 5.41) is 29.7. The monoisotopic (exact) mass is 328 g/mol. The van der Waals surface area contributed by atoms with Gasteiger partial charge in [-0.05, 0) is 30.2 Å². The van der Waals surface area contributed by atoms with Crippen molar-refractivity contribution in [1.82, 2.24) is 0 Å². The highest BCUT2D eigenvalue weighted by Gasteiger charge is 2.19. The number of carbonyl (C=O) groups is 1. The summed E-state index contributed by atoms with van der Waals surface area (Å²) in [5.74, 6) is -1.29. The largest absolute Gasteiger partial charge is 0.475 e. The molecule has 0 spiro atoms.